The molecule has 1 saturated carbocycles. The van der Waals surface area contributed by atoms with Crippen molar-refractivity contribution in [3.05, 3.63) is 102 Å². The van der Waals surface area contributed by atoms with E-state index in [0.717, 1.165) is 38.6 Å². The van der Waals surface area contributed by atoms with Gasteiger partial charge in [0.25, 0.3) is 0 Å². The van der Waals surface area contributed by atoms with Gasteiger partial charge in [-0.05, 0) is 60.6 Å². The first-order chi connectivity index (χ1) is 18.6. The predicted octanol–water partition coefficient (Wildman–Crippen LogP) is 8.74. The maximum Gasteiger partial charge on any atom is 0.217 e. The van der Waals surface area contributed by atoms with E-state index in [1.54, 1.807) is 0 Å². The number of rotatable bonds is 3. The third kappa shape index (κ3) is 3.45. The first kappa shape index (κ1) is 22.8. The first-order valence-electron chi connectivity index (χ1n) is 13.5. The Kier molecular flexibility index (Phi) is 5.30. The van der Waals surface area contributed by atoms with Crippen LogP contribution < -0.4 is 4.57 Å². The molecule has 1 aliphatic rings. The number of furan rings is 1. The van der Waals surface area contributed by atoms with Crippen LogP contribution in [-0.4, -0.2) is 0 Å². The fourth-order valence-corrected chi connectivity index (χ4v) is 6.53. The molecule has 0 unspecified atom stereocenters. The molecule has 7 rings (SSSR count). The Labute approximate surface area is 222 Å². The van der Waals surface area contributed by atoms with Gasteiger partial charge in [0.2, 0.25) is 11.2 Å². The van der Waals surface area contributed by atoms with E-state index in [9.17, 15) is 5.26 Å². The molecule has 6 aromatic rings. The molecule has 4 aromatic carbocycles. The Balaban J connectivity index is 1.57. The molecule has 0 saturated heterocycles. The van der Waals surface area contributed by atoms with Crippen molar-refractivity contribution in [3.63, 3.8) is 0 Å². The molecule has 38 heavy (non-hydrogen) atoms. The van der Waals surface area contributed by atoms with Gasteiger partial charge in [0.15, 0.2) is 0 Å². The second-order valence-electron chi connectivity index (χ2n) is 10.7. The number of nitrogens with zero attached hydrogens (tertiary/aromatic N) is 2. The molecule has 2 aromatic heterocycles. The van der Waals surface area contributed by atoms with Gasteiger partial charge in [0.1, 0.15) is 18.2 Å². The zero-order chi connectivity index (χ0) is 25.8. The average molecular weight is 494 g/mol. The van der Waals surface area contributed by atoms with Crippen LogP contribution in [0.2, 0.25) is 0 Å². The molecule has 0 atom stereocenters. The second kappa shape index (κ2) is 8.85. The summed E-state index contributed by atoms with van der Waals surface area (Å²) in [5.41, 5.74) is 10.5. The standard InChI is InChI=1S/C35H29N2O/c1-22-16-17-27-30-19-23(21-36)18-29(25-10-4-3-5-11-25)34(30)38-35(27)33(22)32-20-28(24-12-6-7-13-24)26-14-8-9-15-31(26)37(32)2/h3-5,8-11,14-20,24H,6-7,12-13H2,1-2H3/q+1. The fourth-order valence-electron chi connectivity index (χ4n) is 6.53. The Morgan fingerprint density at radius 2 is 1.58 bits per heavy atom. The fraction of sp³-hybridized carbons (Fsp3) is 0.200. The number of pyridine rings is 1. The average Bonchev–Trinajstić information content (AvgIpc) is 3.62. The van der Waals surface area contributed by atoms with E-state index < -0.39 is 0 Å². The molecule has 0 amide bonds. The van der Waals surface area contributed by atoms with Gasteiger partial charge in [-0.1, -0.05) is 67.4 Å². The lowest BCUT2D eigenvalue weighted by atomic mass is 9.91. The summed E-state index contributed by atoms with van der Waals surface area (Å²) in [6.07, 6.45) is 5.11. The SMILES string of the molecule is Cc1ccc2c(oc3c(-c4ccccc4)cc(C#N)cc32)c1-c1cc(C2CCCC2)c2ccccc2[n+]1C. The Hall–Kier alpha value is -4.42. The van der Waals surface area contributed by atoms with Crippen molar-refractivity contribution >= 4 is 32.8 Å². The van der Waals surface area contributed by atoms with Crippen LogP contribution in [0, 0.1) is 18.3 Å². The molecule has 184 valence electrons. The minimum absolute atomic E-state index is 0.595. The van der Waals surface area contributed by atoms with E-state index in [4.69, 9.17) is 4.42 Å². The topological polar surface area (TPSA) is 40.8 Å². The van der Waals surface area contributed by atoms with E-state index in [2.05, 4.69) is 79.2 Å². The van der Waals surface area contributed by atoms with Gasteiger partial charge >= 0.3 is 0 Å². The monoisotopic (exact) mass is 493 g/mol. The summed E-state index contributed by atoms with van der Waals surface area (Å²) >= 11 is 0. The van der Waals surface area contributed by atoms with Crippen molar-refractivity contribution in [2.75, 3.05) is 0 Å². The summed E-state index contributed by atoms with van der Waals surface area (Å²) in [6, 6.07) is 32.1. The zero-order valence-corrected chi connectivity index (χ0v) is 21.8. The number of hydrogen-bond donors (Lipinski definition) is 0. The van der Waals surface area contributed by atoms with Gasteiger partial charge in [-0.2, -0.15) is 9.83 Å². The minimum Gasteiger partial charge on any atom is -0.454 e. The van der Waals surface area contributed by atoms with Crippen LogP contribution in [0.4, 0.5) is 0 Å². The normalized spacial score (nSPS) is 14.0. The molecule has 0 N–H and O–H groups in total. The van der Waals surface area contributed by atoms with Crippen LogP contribution in [0.15, 0.2) is 89.3 Å². The molecule has 3 heteroatoms. The number of fused-ring (bicyclic) bond motifs is 4. The van der Waals surface area contributed by atoms with Gasteiger partial charge in [-0.3, -0.25) is 0 Å². The van der Waals surface area contributed by atoms with Crippen LogP contribution in [0.1, 0.15) is 48.3 Å². The van der Waals surface area contributed by atoms with E-state index in [1.165, 1.54) is 53.4 Å². The number of aryl methyl sites for hydroxylation is 2. The van der Waals surface area contributed by atoms with Crippen molar-refractivity contribution < 1.29 is 8.98 Å². The molecule has 0 bridgehead atoms. The van der Waals surface area contributed by atoms with Crippen LogP contribution in [0.5, 0.6) is 0 Å². The predicted molar refractivity (Wildman–Crippen MR) is 154 cm³/mol. The third-order valence-corrected chi connectivity index (χ3v) is 8.44. The molecule has 1 aliphatic carbocycles. The number of aromatic nitrogens is 1. The minimum atomic E-state index is 0.595. The number of hydrogen-bond acceptors (Lipinski definition) is 2. The van der Waals surface area contributed by atoms with Gasteiger partial charge in [0.05, 0.1) is 17.2 Å². The lowest BCUT2D eigenvalue weighted by Gasteiger charge is -2.15. The molecule has 0 radical (unpaired) electrons. The molecule has 1 fully saturated rings. The van der Waals surface area contributed by atoms with E-state index in [-0.39, 0.29) is 0 Å². The highest BCUT2D eigenvalue weighted by atomic mass is 16.3. The molecule has 0 aliphatic heterocycles. The summed E-state index contributed by atoms with van der Waals surface area (Å²) in [4.78, 5) is 0. The number of benzene rings is 4. The van der Waals surface area contributed by atoms with Crippen LogP contribution in [-0.2, 0) is 7.05 Å². The maximum atomic E-state index is 9.84. The van der Waals surface area contributed by atoms with Gasteiger partial charge in [-0.15, -0.1) is 0 Å². The number of para-hydroxylation sites is 1. The highest BCUT2D eigenvalue weighted by Crippen LogP contribution is 2.43. The van der Waals surface area contributed by atoms with E-state index in [1.807, 2.05) is 30.3 Å². The lowest BCUT2D eigenvalue weighted by molar-refractivity contribution is -0.633. The highest BCUT2D eigenvalue weighted by Gasteiger charge is 2.28. The quantitative estimate of drug-likeness (QED) is 0.231. The molecular weight excluding hydrogens is 464 g/mol. The second-order valence-corrected chi connectivity index (χ2v) is 10.7. The largest absolute Gasteiger partial charge is 0.454 e. The molecular formula is C35H29N2O+. The highest BCUT2D eigenvalue weighted by molar-refractivity contribution is 6.13. The molecule has 3 nitrogen and oxygen atoms in total. The van der Waals surface area contributed by atoms with E-state index >= 15 is 0 Å². The summed E-state index contributed by atoms with van der Waals surface area (Å²) in [5.74, 6) is 0.595. The summed E-state index contributed by atoms with van der Waals surface area (Å²) in [6.45, 7) is 2.17. The van der Waals surface area contributed by atoms with Crippen LogP contribution >= 0.6 is 0 Å². The third-order valence-electron chi connectivity index (χ3n) is 8.44. The first-order valence-corrected chi connectivity index (χ1v) is 13.5. The summed E-state index contributed by atoms with van der Waals surface area (Å²) in [7, 11) is 2.17. The van der Waals surface area contributed by atoms with Gasteiger partial charge < -0.3 is 4.42 Å². The van der Waals surface area contributed by atoms with Crippen molar-refractivity contribution in [1.29, 1.82) is 5.26 Å². The van der Waals surface area contributed by atoms with Crippen molar-refractivity contribution in [2.45, 2.75) is 38.5 Å². The maximum absolute atomic E-state index is 9.84. The Morgan fingerprint density at radius 3 is 2.37 bits per heavy atom. The van der Waals surface area contributed by atoms with E-state index in [0.29, 0.717) is 11.5 Å². The van der Waals surface area contributed by atoms with Crippen molar-refractivity contribution in [2.24, 2.45) is 7.05 Å². The Bertz CT molecular complexity index is 1900. The van der Waals surface area contributed by atoms with Crippen LogP contribution in [0.3, 0.4) is 0 Å². The summed E-state index contributed by atoms with van der Waals surface area (Å²) in [5, 5.41) is 13.2. The van der Waals surface area contributed by atoms with Crippen molar-refractivity contribution in [3.8, 4) is 28.5 Å². The lowest BCUT2D eigenvalue weighted by Crippen LogP contribution is -2.33. The smallest absolute Gasteiger partial charge is 0.217 e. The van der Waals surface area contributed by atoms with Crippen molar-refractivity contribution in [1.82, 2.24) is 0 Å². The molecule has 0 spiro atoms. The molecule has 2 heterocycles. The van der Waals surface area contributed by atoms with Crippen LogP contribution in [0.25, 0.3) is 55.2 Å². The Morgan fingerprint density at radius 1 is 0.816 bits per heavy atom. The van der Waals surface area contributed by atoms with Gasteiger partial charge in [0, 0.05) is 33.9 Å². The number of nitriles is 1. The zero-order valence-electron chi connectivity index (χ0n) is 21.8. The summed E-state index contributed by atoms with van der Waals surface area (Å²) < 4.78 is 9.13. The van der Waals surface area contributed by atoms with Gasteiger partial charge in [-0.25, -0.2) is 0 Å².